The summed E-state index contributed by atoms with van der Waals surface area (Å²) in [4.78, 5) is 32.6. The van der Waals surface area contributed by atoms with Gasteiger partial charge in [-0.1, -0.05) is 11.6 Å². The first-order valence-electron chi connectivity index (χ1n) is 8.96. The average Bonchev–Trinajstić information content (AvgIpc) is 3.07. The van der Waals surface area contributed by atoms with Crippen LogP contribution < -0.4 is 15.6 Å². The minimum absolute atomic E-state index is 0.165. The molecule has 0 aliphatic heterocycles. The number of carbonyl (C=O) groups excluding carboxylic acids is 1. The van der Waals surface area contributed by atoms with Crippen molar-refractivity contribution >= 4 is 33.5 Å². The van der Waals surface area contributed by atoms with E-state index in [1.165, 1.54) is 10.9 Å². The number of hydrogen-bond acceptors (Lipinski definition) is 4. The Morgan fingerprint density at radius 1 is 1.21 bits per heavy atom. The number of nitrogens with zero attached hydrogens (tertiary/aromatic N) is 2. The highest BCUT2D eigenvalue weighted by atomic mass is 16.5. The van der Waals surface area contributed by atoms with Crippen molar-refractivity contribution in [3.63, 3.8) is 0 Å². The first-order valence-corrected chi connectivity index (χ1v) is 8.96. The molecule has 0 unspecified atom stereocenters. The molecule has 0 saturated carbocycles. The second-order valence-electron chi connectivity index (χ2n) is 6.67. The average molecular weight is 376 g/mol. The number of amides is 1. The van der Waals surface area contributed by atoms with Gasteiger partial charge < -0.3 is 15.0 Å². The van der Waals surface area contributed by atoms with Crippen LogP contribution in [0.15, 0.2) is 53.6 Å². The van der Waals surface area contributed by atoms with Crippen molar-refractivity contribution in [2.24, 2.45) is 0 Å². The number of aromatic amines is 1. The Morgan fingerprint density at radius 3 is 2.75 bits per heavy atom. The van der Waals surface area contributed by atoms with Crippen molar-refractivity contribution in [1.29, 1.82) is 0 Å². The number of aromatic nitrogens is 3. The summed E-state index contributed by atoms with van der Waals surface area (Å²) in [6.07, 6.45) is 1.67. The highest BCUT2D eigenvalue weighted by Gasteiger charge is 2.12. The SMILES string of the molecule is COc1ccc(NC(=O)CCn2cnc3c([nH]c4ccc(C)cc43)c2=O)cc1. The normalized spacial score (nSPS) is 11.1. The van der Waals surface area contributed by atoms with Gasteiger partial charge in [0.1, 0.15) is 16.8 Å². The quantitative estimate of drug-likeness (QED) is 0.560. The van der Waals surface area contributed by atoms with Crippen LogP contribution in [-0.4, -0.2) is 27.6 Å². The summed E-state index contributed by atoms with van der Waals surface area (Å²) in [5.41, 5.74) is 3.59. The monoisotopic (exact) mass is 376 g/mol. The van der Waals surface area contributed by atoms with E-state index in [4.69, 9.17) is 4.74 Å². The lowest BCUT2D eigenvalue weighted by Gasteiger charge is -2.07. The number of fused-ring (bicyclic) bond motifs is 3. The molecule has 2 N–H and O–H groups in total. The van der Waals surface area contributed by atoms with Crippen molar-refractivity contribution in [2.45, 2.75) is 19.9 Å². The lowest BCUT2D eigenvalue weighted by atomic mass is 10.2. The molecule has 2 aromatic heterocycles. The number of carbonyl (C=O) groups is 1. The molecule has 0 fully saturated rings. The van der Waals surface area contributed by atoms with Crippen LogP contribution in [0.1, 0.15) is 12.0 Å². The summed E-state index contributed by atoms with van der Waals surface area (Å²) < 4.78 is 6.55. The Labute approximate surface area is 161 Å². The van der Waals surface area contributed by atoms with Crippen LogP contribution in [0, 0.1) is 6.92 Å². The van der Waals surface area contributed by atoms with Crippen LogP contribution in [0.4, 0.5) is 5.69 Å². The summed E-state index contributed by atoms with van der Waals surface area (Å²) in [7, 11) is 1.59. The first kappa shape index (κ1) is 17.8. The van der Waals surface area contributed by atoms with E-state index in [0.29, 0.717) is 16.7 Å². The second-order valence-corrected chi connectivity index (χ2v) is 6.67. The summed E-state index contributed by atoms with van der Waals surface area (Å²) >= 11 is 0. The predicted molar refractivity (Wildman–Crippen MR) is 109 cm³/mol. The van der Waals surface area contributed by atoms with E-state index in [2.05, 4.69) is 15.3 Å². The molecule has 0 bridgehead atoms. The Balaban J connectivity index is 1.51. The molecule has 1 amide bonds. The van der Waals surface area contributed by atoms with Gasteiger partial charge in [-0.15, -0.1) is 0 Å². The molecule has 0 atom stereocenters. The maximum Gasteiger partial charge on any atom is 0.277 e. The van der Waals surface area contributed by atoms with Gasteiger partial charge in [-0.3, -0.25) is 14.2 Å². The van der Waals surface area contributed by atoms with Crippen molar-refractivity contribution < 1.29 is 9.53 Å². The molecule has 0 aliphatic carbocycles. The molecule has 2 heterocycles. The Hall–Kier alpha value is -3.61. The Morgan fingerprint density at radius 2 is 2.00 bits per heavy atom. The minimum atomic E-state index is -0.184. The number of hydrogen-bond donors (Lipinski definition) is 2. The van der Waals surface area contributed by atoms with E-state index >= 15 is 0 Å². The molecule has 2 aromatic carbocycles. The van der Waals surface area contributed by atoms with Crippen molar-refractivity contribution in [3.8, 4) is 5.75 Å². The van der Waals surface area contributed by atoms with Gasteiger partial charge in [0.25, 0.3) is 5.56 Å². The molecule has 0 radical (unpaired) electrons. The predicted octanol–water partition coefficient (Wildman–Crippen LogP) is 3.22. The van der Waals surface area contributed by atoms with Crippen LogP contribution in [0.25, 0.3) is 21.9 Å². The highest BCUT2D eigenvalue weighted by Crippen LogP contribution is 2.22. The number of ether oxygens (including phenoxy) is 1. The molecule has 4 aromatic rings. The number of anilines is 1. The molecule has 28 heavy (non-hydrogen) atoms. The highest BCUT2D eigenvalue weighted by molar-refractivity contribution is 6.04. The third-order valence-corrected chi connectivity index (χ3v) is 4.68. The maximum atomic E-state index is 12.8. The van der Waals surface area contributed by atoms with E-state index in [9.17, 15) is 9.59 Å². The molecule has 7 nitrogen and oxygen atoms in total. The zero-order valence-electron chi connectivity index (χ0n) is 15.7. The third-order valence-electron chi connectivity index (χ3n) is 4.68. The van der Waals surface area contributed by atoms with Crippen molar-refractivity contribution in [3.05, 3.63) is 64.7 Å². The van der Waals surface area contributed by atoms with Crippen LogP contribution in [-0.2, 0) is 11.3 Å². The van der Waals surface area contributed by atoms with E-state index in [-0.39, 0.29) is 24.4 Å². The number of rotatable bonds is 5. The molecule has 4 rings (SSSR count). The molecule has 0 spiro atoms. The van der Waals surface area contributed by atoms with Gasteiger partial charge in [-0.25, -0.2) is 4.98 Å². The van der Waals surface area contributed by atoms with Crippen molar-refractivity contribution in [1.82, 2.24) is 14.5 Å². The lowest BCUT2D eigenvalue weighted by Crippen LogP contribution is -2.23. The topological polar surface area (TPSA) is 89.0 Å². The minimum Gasteiger partial charge on any atom is -0.497 e. The number of H-pyrrole nitrogens is 1. The molecule has 0 saturated heterocycles. The van der Waals surface area contributed by atoms with Crippen LogP contribution in [0.3, 0.4) is 0 Å². The van der Waals surface area contributed by atoms with Gasteiger partial charge in [-0.05, 0) is 43.3 Å². The number of aryl methyl sites for hydroxylation is 2. The standard InChI is InChI=1S/C21H20N4O3/c1-13-3-8-17-16(11-13)19-20(24-17)21(27)25(12-22-19)10-9-18(26)23-14-4-6-15(28-2)7-5-14/h3-8,11-12,24H,9-10H2,1-2H3,(H,23,26). The fourth-order valence-corrected chi connectivity index (χ4v) is 3.18. The molecular weight excluding hydrogens is 356 g/mol. The van der Waals surface area contributed by atoms with Gasteiger partial charge in [0, 0.05) is 29.6 Å². The summed E-state index contributed by atoms with van der Waals surface area (Å²) in [6.45, 7) is 2.25. The van der Waals surface area contributed by atoms with Crippen LogP contribution in [0.2, 0.25) is 0 Å². The largest absolute Gasteiger partial charge is 0.497 e. The zero-order valence-corrected chi connectivity index (χ0v) is 15.7. The van der Waals surface area contributed by atoms with E-state index < -0.39 is 0 Å². The van der Waals surface area contributed by atoms with Gasteiger partial charge in [0.15, 0.2) is 0 Å². The molecule has 7 heteroatoms. The molecular formula is C21H20N4O3. The van der Waals surface area contributed by atoms with E-state index in [1.54, 1.807) is 31.4 Å². The van der Waals surface area contributed by atoms with Gasteiger partial charge >= 0.3 is 0 Å². The molecule has 142 valence electrons. The van der Waals surface area contributed by atoms with Crippen LogP contribution >= 0.6 is 0 Å². The second kappa shape index (κ2) is 7.19. The fraction of sp³-hybridized carbons (Fsp3) is 0.190. The zero-order chi connectivity index (χ0) is 19.7. The Kier molecular flexibility index (Phi) is 4.57. The summed E-state index contributed by atoms with van der Waals surface area (Å²) in [6, 6.07) is 13.0. The van der Waals surface area contributed by atoms with E-state index in [0.717, 1.165) is 22.2 Å². The smallest absolute Gasteiger partial charge is 0.277 e. The fourth-order valence-electron chi connectivity index (χ4n) is 3.18. The van der Waals surface area contributed by atoms with Crippen molar-refractivity contribution in [2.75, 3.05) is 12.4 Å². The number of benzene rings is 2. The summed E-state index contributed by atoms with van der Waals surface area (Å²) in [5.74, 6) is 0.543. The van der Waals surface area contributed by atoms with Gasteiger partial charge in [0.05, 0.1) is 13.4 Å². The van der Waals surface area contributed by atoms with Gasteiger partial charge in [-0.2, -0.15) is 0 Å². The Bertz CT molecular complexity index is 1220. The number of methoxy groups -OCH3 is 1. The number of nitrogens with one attached hydrogen (secondary N) is 2. The third kappa shape index (κ3) is 3.34. The maximum absolute atomic E-state index is 12.8. The first-order chi connectivity index (χ1) is 13.5. The lowest BCUT2D eigenvalue weighted by molar-refractivity contribution is -0.116. The van der Waals surface area contributed by atoms with Crippen LogP contribution in [0.5, 0.6) is 5.75 Å². The molecule has 0 aliphatic rings. The van der Waals surface area contributed by atoms with E-state index in [1.807, 2.05) is 25.1 Å². The van der Waals surface area contributed by atoms with Gasteiger partial charge in [0.2, 0.25) is 5.91 Å². The summed E-state index contributed by atoms with van der Waals surface area (Å²) in [5, 5.41) is 3.74.